The lowest BCUT2D eigenvalue weighted by molar-refractivity contribution is 0.102. The van der Waals surface area contributed by atoms with E-state index in [4.69, 9.17) is 9.47 Å². The van der Waals surface area contributed by atoms with E-state index in [1.54, 1.807) is 31.6 Å². The van der Waals surface area contributed by atoms with Crippen molar-refractivity contribution in [2.75, 3.05) is 43.6 Å². The Morgan fingerprint density at radius 3 is 2.86 bits per heavy atom. The number of amides is 1. The molecule has 8 heteroatoms. The van der Waals surface area contributed by atoms with E-state index in [-0.39, 0.29) is 5.91 Å². The van der Waals surface area contributed by atoms with Gasteiger partial charge in [0.05, 0.1) is 37.9 Å². The summed E-state index contributed by atoms with van der Waals surface area (Å²) in [7, 11) is 1.58. The van der Waals surface area contributed by atoms with Gasteiger partial charge < -0.3 is 19.7 Å². The van der Waals surface area contributed by atoms with Crippen LogP contribution in [0.15, 0.2) is 48.8 Å². The summed E-state index contributed by atoms with van der Waals surface area (Å²) in [5.74, 6) is 0.291. The average molecular weight is 379 g/mol. The van der Waals surface area contributed by atoms with Gasteiger partial charge in [0, 0.05) is 30.5 Å². The van der Waals surface area contributed by atoms with Crippen LogP contribution in [0.5, 0.6) is 5.75 Å². The van der Waals surface area contributed by atoms with Crippen molar-refractivity contribution in [1.82, 2.24) is 15.2 Å². The number of carbonyl (C=O) groups is 1. The number of rotatable bonds is 5. The molecular formula is C20H21N5O3. The van der Waals surface area contributed by atoms with Crippen molar-refractivity contribution in [2.45, 2.75) is 0 Å². The quantitative estimate of drug-likeness (QED) is 0.708. The monoisotopic (exact) mass is 379 g/mol. The molecule has 0 radical (unpaired) electrons. The molecule has 0 saturated carbocycles. The molecule has 1 aromatic carbocycles. The number of hydrogen-bond acceptors (Lipinski definition) is 6. The van der Waals surface area contributed by atoms with E-state index in [0.717, 1.165) is 24.3 Å². The molecule has 1 amide bonds. The van der Waals surface area contributed by atoms with Gasteiger partial charge in [-0.25, -0.2) is 4.98 Å². The Morgan fingerprint density at radius 1 is 1.25 bits per heavy atom. The van der Waals surface area contributed by atoms with Crippen molar-refractivity contribution in [3.05, 3.63) is 54.5 Å². The van der Waals surface area contributed by atoms with Crippen LogP contribution >= 0.6 is 0 Å². The molecule has 0 aliphatic carbocycles. The third kappa shape index (κ3) is 3.81. The van der Waals surface area contributed by atoms with Gasteiger partial charge >= 0.3 is 0 Å². The predicted octanol–water partition coefficient (Wildman–Crippen LogP) is 2.57. The number of ether oxygens (including phenoxy) is 2. The number of anilines is 2. The smallest absolute Gasteiger partial charge is 0.274 e. The fourth-order valence-electron chi connectivity index (χ4n) is 3.11. The number of aromatic nitrogens is 3. The first-order valence-corrected chi connectivity index (χ1v) is 9.03. The first-order valence-electron chi connectivity index (χ1n) is 9.03. The molecule has 8 nitrogen and oxygen atoms in total. The second kappa shape index (κ2) is 8.10. The molecule has 3 aromatic rings. The lowest BCUT2D eigenvalue weighted by Gasteiger charge is -2.29. The zero-order valence-corrected chi connectivity index (χ0v) is 15.5. The summed E-state index contributed by atoms with van der Waals surface area (Å²) in [6.45, 7) is 3.01. The van der Waals surface area contributed by atoms with Gasteiger partial charge in [0.2, 0.25) is 0 Å². The lowest BCUT2D eigenvalue weighted by atomic mass is 10.2. The molecule has 4 rings (SSSR count). The van der Waals surface area contributed by atoms with E-state index in [0.29, 0.717) is 36.0 Å². The van der Waals surface area contributed by atoms with Crippen LogP contribution in [-0.2, 0) is 4.74 Å². The van der Waals surface area contributed by atoms with Crippen LogP contribution in [0.3, 0.4) is 0 Å². The van der Waals surface area contributed by atoms with Crippen molar-refractivity contribution in [1.29, 1.82) is 0 Å². The van der Waals surface area contributed by atoms with Crippen molar-refractivity contribution in [3.8, 4) is 17.0 Å². The number of nitrogens with one attached hydrogen (secondary N) is 2. The highest BCUT2D eigenvalue weighted by Crippen LogP contribution is 2.30. The Labute approximate surface area is 162 Å². The van der Waals surface area contributed by atoms with Gasteiger partial charge in [-0.15, -0.1) is 0 Å². The van der Waals surface area contributed by atoms with Crippen molar-refractivity contribution in [3.63, 3.8) is 0 Å². The maximum atomic E-state index is 12.8. The fraction of sp³-hybridized carbons (Fsp3) is 0.250. The Kier molecular flexibility index (Phi) is 5.20. The number of nitrogens with zero attached hydrogens (tertiary/aromatic N) is 3. The first kappa shape index (κ1) is 18.0. The molecule has 3 heterocycles. The van der Waals surface area contributed by atoms with Crippen molar-refractivity contribution in [2.24, 2.45) is 0 Å². The van der Waals surface area contributed by atoms with E-state index in [9.17, 15) is 4.79 Å². The average Bonchev–Trinajstić information content (AvgIpc) is 3.29. The highest BCUT2D eigenvalue weighted by atomic mass is 16.5. The molecule has 28 heavy (non-hydrogen) atoms. The van der Waals surface area contributed by atoms with Gasteiger partial charge in [0.15, 0.2) is 0 Å². The van der Waals surface area contributed by atoms with Crippen LogP contribution in [-0.4, -0.2) is 54.5 Å². The van der Waals surface area contributed by atoms with Crippen LogP contribution in [0.2, 0.25) is 0 Å². The van der Waals surface area contributed by atoms with Crippen LogP contribution in [0.4, 0.5) is 11.4 Å². The summed E-state index contributed by atoms with van der Waals surface area (Å²) >= 11 is 0. The molecule has 1 aliphatic rings. The Bertz CT molecular complexity index is 952. The summed E-state index contributed by atoms with van der Waals surface area (Å²) in [4.78, 5) is 19.5. The predicted molar refractivity (Wildman–Crippen MR) is 106 cm³/mol. The molecule has 0 unspecified atom stereocenters. The largest absolute Gasteiger partial charge is 0.495 e. The van der Waals surface area contributed by atoms with Crippen LogP contribution in [0.1, 0.15) is 10.5 Å². The molecule has 1 aliphatic heterocycles. The number of benzene rings is 1. The third-order valence-electron chi connectivity index (χ3n) is 4.58. The van der Waals surface area contributed by atoms with Crippen LogP contribution < -0.4 is 15.0 Å². The number of H-pyrrole nitrogens is 1. The van der Waals surface area contributed by atoms with Crippen molar-refractivity contribution < 1.29 is 14.3 Å². The summed E-state index contributed by atoms with van der Waals surface area (Å²) < 4.78 is 10.8. The Balaban J connectivity index is 1.57. The Hall–Kier alpha value is -3.39. The topological polar surface area (TPSA) is 92.4 Å². The minimum Gasteiger partial charge on any atom is -0.495 e. The van der Waals surface area contributed by atoms with Gasteiger partial charge in [0.25, 0.3) is 5.91 Å². The molecule has 1 fully saturated rings. The van der Waals surface area contributed by atoms with E-state index in [1.165, 1.54) is 0 Å². The minimum absolute atomic E-state index is 0.303. The van der Waals surface area contributed by atoms with E-state index in [2.05, 4.69) is 25.4 Å². The molecule has 0 spiro atoms. The molecule has 0 atom stereocenters. The number of morpholine rings is 1. The second-order valence-electron chi connectivity index (χ2n) is 6.33. The summed E-state index contributed by atoms with van der Waals surface area (Å²) in [6.07, 6.45) is 3.40. The maximum Gasteiger partial charge on any atom is 0.274 e. The standard InChI is InChI=1S/C20H21N5O3/c1-27-19-6-5-15(25-7-9-28-10-8-25)11-18(19)24-20(26)17-4-2-3-16(23-17)14-12-21-22-13-14/h2-6,11-13H,7-10H2,1H3,(H,21,22)(H,24,26). The van der Waals surface area contributed by atoms with E-state index >= 15 is 0 Å². The lowest BCUT2D eigenvalue weighted by Crippen LogP contribution is -2.36. The van der Waals surface area contributed by atoms with Gasteiger partial charge in [-0.1, -0.05) is 6.07 Å². The van der Waals surface area contributed by atoms with E-state index in [1.807, 2.05) is 24.3 Å². The molecule has 2 N–H and O–H groups in total. The summed E-state index contributed by atoms with van der Waals surface area (Å²) in [5.41, 5.74) is 3.43. The van der Waals surface area contributed by atoms with E-state index < -0.39 is 0 Å². The SMILES string of the molecule is COc1ccc(N2CCOCC2)cc1NC(=O)c1cccc(-c2cn[nH]c2)n1. The molecule has 0 bridgehead atoms. The first-order chi connectivity index (χ1) is 13.7. The highest BCUT2D eigenvalue weighted by molar-refractivity contribution is 6.04. The number of pyridine rings is 1. The van der Waals surface area contributed by atoms with Gasteiger partial charge in [-0.3, -0.25) is 9.89 Å². The van der Waals surface area contributed by atoms with Gasteiger partial charge in [-0.05, 0) is 30.3 Å². The van der Waals surface area contributed by atoms with Gasteiger partial charge in [0.1, 0.15) is 11.4 Å². The van der Waals surface area contributed by atoms with Crippen LogP contribution in [0, 0.1) is 0 Å². The van der Waals surface area contributed by atoms with Crippen molar-refractivity contribution >= 4 is 17.3 Å². The molecule has 1 saturated heterocycles. The maximum absolute atomic E-state index is 12.8. The second-order valence-corrected chi connectivity index (χ2v) is 6.33. The zero-order chi connectivity index (χ0) is 19.3. The summed E-state index contributed by atoms with van der Waals surface area (Å²) in [6, 6.07) is 11.1. The number of aromatic amines is 1. The fourth-order valence-corrected chi connectivity index (χ4v) is 3.11. The summed E-state index contributed by atoms with van der Waals surface area (Å²) in [5, 5.41) is 9.59. The molecule has 144 valence electrons. The number of methoxy groups -OCH3 is 1. The third-order valence-corrected chi connectivity index (χ3v) is 4.58. The minimum atomic E-state index is -0.303. The molecule has 2 aromatic heterocycles. The normalized spacial score (nSPS) is 14.0. The van der Waals surface area contributed by atoms with Crippen LogP contribution in [0.25, 0.3) is 11.3 Å². The number of hydrogen-bond donors (Lipinski definition) is 2. The number of carbonyl (C=O) groups excluding carboxylic acids is 1. The molecular weight excluding hydrogens is 358 g/mol. The Morgan fingerprint density at radius 2 is 2.11 bits per heavy atom. The zero-order valence-electron chi connectivity index (χ0n) is 15.5. The van der Waals surface area contributed by atoms with Gasteiger partial charge in [-0.2, -0.15) is 5.10 Å². The highest BCUT2D eigenvalue weighted by Gasteiger charge is 2.16.